The van der Waals surface area contributed by atoms with Gasteiger partial charge in [-0.3, -0.25) is 9.10 Å². The Morgan fingerprint density at radius 3 is 2.07 bits per heavy atom. The molecule has 0 unspecified atom stereocenters. The number of nitrogens with zero attached hydrogens (tertiary/aromatic N) is 1. The number of hydrogen-bond donors (Lipinski definition) is 1. The van der Waals surface area contributed by atoms with Gasteiger partial charge in [0.1, 0.15) is 0 Å². The van der Waals surface area contributed by atoms with E-state index in [1.165, 1.54) is 11.4 Å². The normalized spacial score (nSPS) is 11.2. The van der Waals surface area contributed by atoms with Gasteiger partial charge in [-0.2, -0.15) is 0 Å². The van der Waals surface area contributed by atoms with E-state index in [4.69, 9.17) is 0 Å². The molecule has 0 aliphatic rings. The Labute approximate surface area is 178 Å². The Bertz CT molecular complexity index is 1150. The number of anilines is 2. The first-order valence-corrected chi connectivity index (χ1v) is 11.1. The second-order valence-electron chi connectivity index (χ2n) is 7.50. The van der Waals surface area contributed by atoms with E-state index in [1.807, 2.05) is 39.0 Å². The number of hydrogen-bond acceptors (Lipinski definition) is 3. The molecule has 6 heteroatoms. The van der Waals surface area contributed by atoms with E-state index in [1.54, 1.807) is 48.5 Å². The van der Waals surface area contributed by atoms with Crippen LogP contribution < -0.4 is 9.62 Å². The summed E-state index contributed by atoms with van der Waals surface area (Å²) in [5.41, 5.74) is 5.30. The maximum Gasteiger partial charge on any atom is 0.264 e. The third-order valence-electron chi connectivity index (χ3n) is 5.00. The summed E-state index contributed by atoms with van der Waals surface area (Å²) in [7, 11) is -2.11. The van der Waals surface area contributed by atoms with E-state index in [2.05, 4.69) is 5.32 Å². The fourth-order valence-electron chi connectivity index (χ4n) is 3.16. The quantitative estimate of drug-likeness (QED) is 0.630. The summed E-state index contributed by atoms with van der Waals surface area (Å²) >= 11 is 0. The zero-order chi connectivity index (χ0) is 21.9. The summed E-state index contributed by atoms with van der Waals surface area (Å²) in [5.74, 6) is -0.115. The Kier molecular flexibility index (Phi) is 6.27. The number of carbonyl (C=O) groups excluding carboxylic acids is 1. The molecule has 156 valence electrons. The van der Waals surface area contributed by atoms with E-state index in [9.17, 15) is 13.2 Å². The highest BCUT2D eigenvalue weighted by Crippen LogP contribution is 2.23. The maximum atomic E-state index is 12.8. The van der Waals surface area contributed by atoms with Crippen LogP contribution in [0.15, 0.2) is 71.6 Å². The highest BCUT2D eigenvalue weighted by Gasteiger charge is 2.21. The molecule has 0 heterocycles. The third kappa shape index (κ3) is 4.89. The SMILES string of the molecule is Cc1ccc(S(=O)(=O)N(C)c2ccc(CC(=O)Nc3ccc(C)cc3C)cc2)cc1. The zero-order valence-electron chi connectivity index (χ0n) is 17.6. The molecule has 30 heavy (non-hydrogen) atoms. The lowest BCUT2D eigenvalue weighted by molar-refractivity contribution is -0.115. The average molecular weight is 423 g/mol. The van der Waals surface area contributed by atoms with Crippen LogP contribution in [0, 0.1) is 20.8 Å². The molecular formula is C24H26N2O3S. The summed E-state index contributed by atoms with van der Waals surface area (Å²) in [6.45, 7) is 5.88. The van der Waals surface area contributed by atoms with Crippen molar-refractivity contribution in [1.82, 2.24) is 0 Å². The molecule has 0 spiro atoms. The molecule has 0 atom stereocenters. The largest absolute Gasteiger partial charge is 0.326 e. The molecule has 1 amide bonds. The Hall–Kier alpha value is -3.12. The number of nitrogens with one attached hydrogen (secondary N) is 1. The van der Waals surface area contributed by atoms with Gasteiger partial charge in [0, 0.05) is 12.7 Å². The molecule has 5 nitrogen and oxygen atoms in total. The minimum Gasteiger partial charge on any atom is -0.326 e. The number of amides is 1. The Morgan fingerprint density at radius 2 is 1.47 bits per heavy atom. The van der Waals surface area contributed by atoms with Crippen LogP contribution in [0.1, 0.15) is 22.3 Å². The first-order valence-electron chi connectivity index (χ1n) is 9.68. The standard InChI is InChI=1S/C24H26N2O3S/c1-17-5-12-22(13-6-17)30(28,29)26(4)21-10-8-20(9-11-21)16-24(27)25-23-14-7-18(2)15-19(23)3/h5-15H,16H2,1-4H3,(H,25,27). The lowest BCUT2D eigenvalue weighted by atomic mass is 10.1. The van der Waals surface area contributed by atoms with Gasteiger partial charge in [-0.1, -0.05) is 47.5 Å². The second kappa shape index (κ2) is 8.71. The van der Waals surface area contributed by atoms with Gasteiger partial charge in [-0.25, -0.2) is 8.42 Å². The van der Waals surface area contributed by atoms with Gasteiger partial charge in [0.05, 0.1) is 17.0 Å². The molecule has 1 N–H and O–H groups in total. The predicted octanol–water partition coefficient (Wildman–Crippen LogP) is 4.62. The molecule has 3 aromatic rings. The summed E-state index contributed by atoms with van der Waals surface area (Å²) in [6, 6.07) is 19.6. The number of sulfonamides is 1. The van der Waals surface area contributed by atoms with Gasteiger partial charge in [-0.05, 0) is 62.2 Å². The van der Waals surface area contributed by atoms with Gasteiger partial charge in [0.15, 0.2) is 0 Å². The van der Waals surface area contributed by atoms with Crippen LogP contribution >= 0.6 is 0 Å². The number of aryl methyl sites for hydroxylation is 3. The number of benzene rings is 3. The fraction of sp³-hybridized carbons (Fsp3) is 0.208. The van der Waals surface area contributed by atoms with Crippen molar-refractivity contribution in [3.8, 4) is 0 Å². The smallest absolute Gasteiger partial charge is 0.264 e. The summed E-state index contributed by atoms with van der Waals surface area (Å²) < 4.78 is 26.9. The molecule has 3 rings (SSSR count). The second-order valence-corrected chi connectivity index (χ2v) is 9.46. The highest BCUT2D eigenvalue weighted by molar-refractivity contribution is 7.92. The molecule has 0 aliphatic heterocycles. The van der Waals surface area contributed by atoms with Crippen molar-refractivity contribution in [2.45, 2.75) is 32.1 Å². The molecule has 0 fully saturated rings. The van der Waals surface area contributed by atoms with E-state index in [-0.39, 0.29) is 17.2 Å². The van der Waals surface area contributed by atoms with Crippen molar-refractivity contribution in [3.05, 3.63) is 89.0 Å². The van der Waals surface area contributed by atoms with Gasteiger partial charge in [0.25, 0.3) is 10.0 Å². The molecular weight excluding hydrogens is 396 g/mol. The van der Waals surface area contributed by atoms with Crippen LogP contribution in [0.4, 0.5) is 11.4 Å². The van der Waals surface area contributed by atoms with Gasteiger partial charge in [0.2, 0.25) is 5.91 Å². The number of carbonyl (C=O) groups is 1. The summed E-state index contributed by atoms with van der Waals surface area (Å²) in [4.78, 5) is 12.6. The van der Waals surface area contributed by atoms with Gasteiger partial charge in [-0.15, -0.1) is 0 Å². The first-order chi connectivity index (χ1) is 14.2. The lowest BCUT2D eigenvalue weighted by Crippen LogP contribution is -2.26. The molecule has 0 saturated heterocycles. The van der Waals surface area contributed by atoms with E-state index in [0.717, 1.165) is 27.9 Å². The Balaban J connectivity index is 1.69. The van der Waals surface area contributed by atoms with Crippen LogP contribution in [-0.2, 0) is 21.2 Å². The summed E-state index contributed by atoms with van der Waals surface area (Å²) in [5, 5.41) is 2.93. The highest BCUT2D eigenvalue weighted by atomic mass is 32.2. The minimum atomic E-state index is -3.64. The van der Waals surface area contributed by atoms with Crippen molar-refractivity contribution < 1.29 is 13.2 Å². The van der Waals surface area contributed by atoms with Crippen molar-refractivity contribution in [2.24, 2.45) is 0 Å². The fourth-order valence-corrected chi connectivity index (χ4v) is 4.36. The zero-order valence-corrected chi connectivity index (χ0v) is 18.5. The third-order valence-corrected chi connectivity index (χ3v) is 6.80. The van der Waals surface area contributed by atoms with Crippen LogP contribution in [0.5, 0.6) is 0 Å². The van der Waals surface area contributed by atoms with Crippen molar-refractivity contribution in [1.29, 1.82) is 0 Å². The molecule has 0 radical (unpaired) electrons. The predicted molar refractivity (Wildman–Crippen MR) is 121 cm³/mol. The van der Waals surface area contributed by atoms with Gasteiger partial charge >= 0.3 is 0 Å². The van der Waals surface area contributed by atoms with Crippen molar-refractivity contribution in [3.63, 3.8) is 0 Å². The molecule has 0 aromatic heterocycles. The topological polar surface area (TPSA) is 66.5 Å². The van der Waals surface area contributed by atoms with Crippen LogP contribution in [-0.4, -0.2) is 21.4 Å². The van der Waals surface area contributed by atoms with Crippen molar-refractivity contribution in [2.75, 3.05) is 16.7 Å². The molecule has 3 aromatic carbocycles. The molecule has 0 aliphatic carbocycles. The first kappa shape index (κ1) is 21.6. The van der Waals surface area contributed by atoms with Gasteiger partial charge < -0.3 is 5.32 Å². The van der Waals surface area contributed by atoms with E-state index >= 15 is 0 Å². The van der Waals surface area contributed by atoms with Crippen LogP contribution in [0.3, 0.4) is 0 Å². The monoisotopic (exact) mass is 422 g/mol. The van der Waals surface area contributed by atoms with Crippen LogP contribution in [0.25, 0.3) is 0 Å². The van der Waals surface area contributed by atoms with Crippen molar-refractivity contribution >= 4 is 27.3 Å². The number of rotatable bonds is 6. The summed E-state index contributed by atoms with van der Waals surface area (Å²) in [6.07, 6.45) is 0.210. The Morgan fingerprint density at radius 1 is 0.867 bits per heavy atom. The van der Waals surface area contributed by atoms with E-state index in [0.29, 0.717) is 5.69 Å². The maximum absolute atomic E-state index is 12.8. The molecule has 0 bridgehead atoms. The molecule has 0 saturated carbocycles. The van der Waals surface area contributed by atoms with Crippen LogP contribution in [0.2, 0.25) is 0 Å². The lowest BCUT2D eigenvalue weighted by Gasteiger charge is -2.20. The minimum absolute atomic E-state index is 0.115. The average Bonchev–Trinajstić information content (AvgIpc) is 2.70. The van der Waals surface area contributed by atoms with E-state index < -0.39 is 10.0 Å².